The van der Waals surface area contributed by atoms with Crippen LogP contribution < -0.4 is 14.4 Å². The Bertz CT molecular complexity index is 813. The van der Waals surface area contributed by atoms with Gasteiger partial charge in [-0.25, -0.2) is 8.42 Å². The number of carbonyl (C=O) groups excluding carboxylic acids is 1. The summed E-state index contributed by atoms with van der Waals surface area (Å²) in [4.78, 5) is 22.7. The lowest BCUT2D eigenvalue weighted by Gasteiger charge is -2.24. The maximum absolute atomic E-state index is 12.3. The van der Waals surface area contributed by atoms with Gasteiger partial charge in [0.05, 0.1) is 18.3 Å². The zero-order chi connectivity index (χ0) is 22.7. The first kappa shape index (κ1) is 25.7. The number of nitro groups is 1. The van der Waals surface area contributed by atoms with Gasteiger partial charge in [-0.2, -0.15) is 0 Å². The number of ether oxygens (including phenoxy) is 1. The van der Waals surface area contributed by atoms with Gasteiger partial charge in [0.15, 0.2) is 0 Å². The van der Waals surface area contributed by atoms with E-state index >= 15 is 0 Å². The minimum Gasteiger partial charge on any atom is -0.495 e. The van der Waals surface area contributed by atoms with Crippen LogP contribution in [0.4, 0.5) is 11.4 Å². The molecule has 0 unspecified atom stereocenters. The fourth-order valence-electron chi connectivity index (χ4n) is 3.12. The molecule has 0 aliphatic heterocycles. The normalized spacial score (nSPS) is 12.3. The Morgan fingerprint density at radius 2 is 2.00 bits per heavy atom. The third kappa shape index (κ3) is 8.17. The van der Waals surface area contributed by atoms with Crippen molar-refractivity contribution < 1.29 is 22.9 Å². The zero-order valence-corrected chi connectivity index (χ0v) is 19.0. The van der Waals surface area contributed by atoms with Crippen LogP contribution in [0.1, 0.15) is 52.4 Å². The predicted molar refractivity (Wildman–Crippen MR) is 117 cm³/mol. The molecule has 30 heavy (non-hydrogen) atoms. The number of nitro benzene ring substituents is 1. The summed E-state index contributed by atoms with van der Waals surface area (Å²) < 4.78 is 30.9. The van der Waals surface area contributed by atoms with E-state index in [0.717, 1.165) is 36.2 Å². The number of non-ortho nitro benzene ring substituents is 1. The molecule has 0 aliphatic rings. The third-order valence-electron chi connectivity index (χ3n) is 4.94. The van der Waals surface area contributed by atoms with E-state index in [2.05, 4.69) is 19.2 Å². The van der Waals surface area contributed by atoms with E-state index in [9.17, 15) is 23.3 Å². The quantitative estimate of drug-likeness (QED) is 0.347. The monoisotopic (exact) mass is 443 g/mol. The van der Waals surface area contributed by atoms with Crippen LogP contribution in [0.5, 0.6) is 5.75 Å². The number of nitrogens with one attached hydrogen (secondary N) is 1. The van der Waals surface area contributed by atoms with Crippen molar-refractivity contribution >= 4 is 27.3 Å². The van der Waals surface area contributed by atoms with Crippen LogP contribution in [-0.4, -0.2) is 45.7 Å². The predicted octanol–water partition coefficient (Wildman–Crippen LogP) is 3.48. The number of nitrogens with zero attached hydrogens (tertiary/aromatic N) is 2. The molecule has 1 atom stereocenters. The number of unbranched alkanes of at least 4 members (excludes halogenated alkanes) is 1. The lowest BCUT2D eigenvalue weighted by Crippen LogP contribution is -2.33. The number of sulfonamides is 1. The van der Waals surface area contributed by atoms with E-state index in [-0.39, 0.29) is 42.4 Å². The SMILES string of the molecule is CCCC[C@H](CC)CNC(=O)CCCN(c1cc([N+](=O)[O-])ccc1OC)S(C)(=O)=O. The van der Waals surface area contributed by atoms with Gasteiger partial charge in [0, 0.05) is 31.6 Å². The summed E-state index contributed by atoms with van der Waals surface area (Å²) in [6, 6.07) is 3.78. The number of hydrogen-bond acceptors (Lipinski definition) is 6. The van der Waals surface area contributed by atoms with E-state index in [4.69, 9.17) is 4.74 Å². The van der Waals surface area contributed by atoms with E-state index in [1.54, 1.807) is 0 Å². The molecule has 0 spiro atoms. The molecule has 0 heterocycles. The number of rotatable bonds is 14. The van der Waals surface area contributed by atoms with Gasteiger partial charge in [-0.3, -0.25) is 19.2 Å². The number of anilines is 1. The number of carbonyl (C=O) groups is 1. The average molecular weight is 444 g/mol. The smallest absolute Gasteiger partial charge is 0.271 e. The van der Waals surface area contributed by atoms with E-state index in [1.165, 1.54) is 25.3 Å². The van der Waals surface area contributed by atoms with Gasteiger partial charge >= 0.3 is 0 Å². The van der Waals surface area contributed by atoms with Crippen LogP contribution in [-0.2, 0) is 14.8 Å². The van der Waals surface area contributed by atoms with Crippen molar-refractivity contribution in [2.24, 2.45) is 5.92 Å². The fraction of sp³-hybridized carbons (Fsp3) is 0.650. The summed E-state index contributed by atoms with van der Waals surface area (Å²) in [6.07, 6.45) is 5.76. The second-order valence-corrected chi connectivity index (χ2v) is 9.18. The Labute approximate surface area is 179 Å². The molecular weight excluding hydrogens is 410 g/mol. The van der Waals surface area contributed by atoms with Crippen molar-refractivity contribution in [1.82, 2.24) is 5.32 Å². The molecule has 0 radical (unpaired) electrons. The first-order chi connectivity index (χ1) is 14.1. The highest BCUT2D eigenvalue weighted by molar-refractivity contribution is 7.92. The lowest BCUT2D eigenvalue weighted by molar-refractivity contribution is -0.384. The van der Waals surface area contributed by atoms with Gasteiger partial charge < -0.3 is 10.1 Å². The molecule has 0 saturated carbocycles. The summed E-state index contributed by atoms with van der Waals surface area (Å²) >= 11 is 0. The van der Waals surface area contributed by atoms with Gasteiger partial charge in [0.2, 0.25) is 15.9 Å². The number of methoxy groups -OCH3 is 1. The molecule has 0 aromatic heterocycles. The summed E-state index contributed by atoms with van der Waals surface area (Å²) in [5.74, 6) is 0.511. The van der Waals surface area contributed by atoms with E-state index in [0.29, 0.717) is 12.5 Å². The van der Waals surface area contributed by atoms with Gasteiger partial charge in [-0.1, -0.05) is 33.1 Å². The number of benzene rings is 1. The summed E-state index contributed by atoms with van der Waals surface area (Å²) in [7, 11) is -2.37. The maximum atomic E-state index is 12.3. The van der Waals surface area contributed by atoms with Crippen molar-refractivity contribution in [3.8, 4) is 5.75 Å². The van der Waals surface area contributed by atoms with Crippen molar-refractivity contribution in [2.45, 2.75) is 52.4 Å². The first-order valence-corrected chi connectivity index (χ1v) is 12.1. The van der Waals surface area contributed by atoms with Crippen LogP contribution >= 0.6 is 0 Å². The van der Waals surface area contributed by atoms with Crippen LogP contribution in [0, 0.1) is 16.0 Å². The second kappa shape index (κ2) is 12.4. The molecule has 1 aromatic rings. The zero-order valence-electron chi connectivity index (χ0n) is 18.2. The van der Waals surface area contributed by atoms with Crippen molar-refractivity contribution in [3.05, 3.63) is 28.3 Å². The van der Waals surface area contributed by atoms with E-state index in [1.807, 2.05) is 0 Å². The Balaban J connectivity index is 2.79. The van der Waals surface area contributed by atoms with Gasteiger partial charge in [0.1, 0.15) is 11.4 Å². The van der Waals surface area contributed by atoms with E-state index < -0.39 is 14.9 Å². The van der Waals surface area contributed by atoms with Gasteiger partial charge in [-0.15, -0.1) is 0 Å². The largest absolute Gasteiger partial charge is 0.495 e. The molecule has 9 nitrogen and oxygen atoms in total. The topological polar surface area (TPSA) is 119 Å². The summed E-state index contributed by atoms with van der Waals surface area (Å²) in [5, 5.41) is 14.0. The lowest BCUT2D eigenvalue weighted by atomic mass is 9.99. The molecule has 0 fully saturated rings. The average Bonchev–Trinajstić information content (AvgIpc) is 2.69. The van der Waals surface area contributed by atoms with Crippen LogP contribution in [0.25, 0.3) is 0 Å². The molecule has 170 valence electrons. The highest BCUT2D eigenvalue weighted by atomic mass is 32.2. The number of hydrogen-bond donors (Lipinski definition) is 1. The van der Waals surface area contributed by atoms with Crippen LogP contribution in [0.3, 0.4) is 0 Å². The molecular formula is C20H33N3O6S. The Morgan fingerprint density at radius 1 is 1.30 bits per heavy atom. The minimum absolute atomic E-state index is 0.0107. The highest BCUT2D eigenvalue weighted by Crippen LogP contribution is 2.33. The highest BCUT2D eigenvalue weighted by Gasteiger charge is 2.24. The second-order valence-electron chi connectivity index (χ2n) is 7.27. The molecule has 1 rings (SSSR count). The third-order valence-corrected chi connectivity index (χ3v) is 6.12. The van der Waals surface area contributed by atoms with Crippen molar-refractivity contribution in [2.75, 3.05) is 30.8 Å². The fourth-order valence-corrected chi connectivity index (χ4v) is 4.09. The number of amides is 1. The molecule has 0 saturated heterocycles. The van der Waals surface area contributed by atoms with Crippen LogP contribution in [0.15, 0.2) is 18.2 Å². The van der Waals surface area contributed by atoms with Gasteiger partial charge in [0.25, 0.3) is 5.69 Å². The van der Waals surface area contributed by atoms with Gasteiger partial charge in [-0.05, 0) is 24.8 Å². The van der Waals surface area contributed by atoms with Crippen molar-refractivity contribution in [1.29, 1.82) is 0 Å². The molecule has 1 amide bonds. The van der Waals surface area contributed by atoms with Crippen LogP contribution in [0.2, 0.25) is 0 Å². The Morgan fingerprint density at radius 3 is 2.53 bits per heavy atom. The first-order valence-electron chi connectivity index (χ1n) is 10.2. The summed E-state index contributed by atoms with van der Waals surface area (Å²) in [5.41, 5.74) is -0.157. The van der Waals surface area contributed by atoms with Crippen molar-refractivity contribution in [3.63, 3.8) is 0 Å². The molecule has 10 heteroatoms. The standard InChI is InChI=1S/C20H33N3O6S/c1-5-7-9-16(6-2)15-21-20(24)10-8-13-22(30(4,27)28)18-14-17(23(25)26)11-12-19(18)29-3/h11-12,14,16H,5-10,13,15H2,1-4H3,(H,21,24)/t16-/m0/s1. The summed E-state index contributed by atoms with van der Waals surface area (Å²) in [6.45, 7) is 4.86. The maximum Gasteiger partial charge on any atom is 0.271 e. The Kier molecular flexibility index (Phi) is 10.6. The molecule has 1 N–H and O–H groups in total. The minimum atomic E-state index is -3.73. The molecule has 0 aliphatic carbocycles. The molecule has 1 aromatic carbocycles. The molecule has 0 bridgehead atoms. The Hall–Kier alpha value is -2.36.